The Morgan fingerprint density at radius 2 is 1.76 bits per heavy atom. The Morgan fingerprint density at radius 3 is 2.14 bits per heavy atom. The minimum absolute atomic E-state index is 0.0113. The first-order valence-corrected chi connectivity index (χ1v) is 7.14. The number of carboxylic acids is 1. The third-order valence-electron chi connectivity index (χ3n) is 3.53. The van der Waals surface area contributed by atoms with Gasteiger partial charge >= 0.3 is 12.0 Å². The Hall–Kier alpha value is -1.79. The number of nitrogens with one attached hydrogen (secondary N) is 1. The predicted octanol–water partition coefficient (Wildman–Crippen LogP) is 0.997. The van der Waals surface area contributed by atoms with Gasteiger partial charge in [0.1, 0.15) is 6.54 Å². The van der Waals surface area contributed by atoms with Gasteiger partial charge in [-0.2, -0.15) is 0 Å². The number of rotatable bonds is 8. The molecule has 0 aromatic carbocycles. The van der Waals surface area contributed by atoms with Gasteiger partial charge in [0, 0.05) is 27.2 Å². The maximum Gasteiger partial charge on any atom is 0.317 e. The Labute approximate surface area is 126 Å². The molecule has 21 heavy (non-hydrogen) atoms. The molecular formula is C14H27N3O4. The number of carboxylic acid groups (broad SMARTS) is 1. The summed E-state index contributed by atoms with van der Waals surface area (Å²) in [6.07, 6.45) is 1.13. The summed E-state index contributed by atoms with van der Waals surface area (Å²) in [6.45, 7) is 5.73. The molecule has 0 rings (SSSR count). The van der Waals surface area contributed by atoms with E-state index in [4.69, 9.17) is 0 Å². The van der Waals surface area contributed by atoms with E-state index in [0.29, 0.717) is 13.0 Å². The summed E-state index contributed by atoms with van der Waals surface area (Å²) in [4.78, 5) is 37.9. The van der Waals surface area contributed by atoms with Crippen LogP contribution >= 0.6 is 0 Å². The molecule has 7 heteroatoms. The molecule has 0 saturated carbocycles. The van der Waals surface area contributed by atoms with Crippen LogP contribution in [0.15, 0.2) is 0 Å². The quantitative estimate of drug-likeness (QED) is 0.700. The number of hydrogen-bond donors (Lipinski definition) is 2. The lowest BCUT2D eigenvalue weighted by atomic mass is 9.88. The van der Waals surface area contributed by atoms with Gasteiger partial charge in [-0.1, -0.05) is 13.8 Å². The number of hydrogen-bond acceptors (Lipinski definition) is 3. The van der Waals surface area contributed by atoms with Gasteiger partial charge in [0.25, 0.3) is 0 Å². The molecule has 0 aliphatic carbocycles. The SMILES string of the molecule is CCCN(CC(=O)N(C)C)C(=O)NCC(C)(CC)C(=O)O. The van der Waals surface area contributed by atoms with Crippen LogP contribution in [-0.4, -0.2) is 66.5 Å². The third kappa shape index (κ3) is 6.01. The van der Waals surface area contributed by atoms with E-state index in [1.54, 1.807) is 27.9 Å². The number of aliphatic carboxylic acids is 1. The molecule has 1 atom stereocenters. The standard InChI is InChI=1S/C14H27N3O4/c1-6-8-17(9-11(18)16(4)5)13(21)15-10-14(3,7-2)12(19)20/h6-10H2,1-5H3,(H,15,21)(H,19,20). The highest BCUT2D eigenvalue weighted by atomic mass is 16.4. The van der Waals surface area contributed by atoms with Gasteiger partial charge in [0.2, 0.25) is 5.91 Å². The highest BCUT2D eigenvalue weighted by molar-refractivity contribution is 5.84. The fourth-order valence-corrected chi connectivity index (χ4v) is 1.56. The predicted molar refractivity (Wildman–Crippen MR) is 80.0 cm³/mol. The van der Waals surface area contributed by atoms with Crippen molar-refractivity contribution in [3.8, 4) is 0 Å². The third-order valence-corrected chi connectivity index (χ3v) is 3.53. The monoisotopic (exact) mass is 301 g/mol. The van der Waals surface area contributed by atoms with Crippen LogP contribution in [-0.2, 0) is 9.59 Å². The van der Waals surface area contributed by atoms with Crippen molar-refractivity contribution in [1.29, 1.82) is 0 Å². The Kier molecular flexibility index (Phi) is 7.76. The zero-order valence-corrected chi connectivity index (χ0v) is 13.6. The second-order valence-corrected chi connectivity index (χ2v) is 5.59. The van der Waals surface area contributed by atoms with Crippen LogP contribution in [0.4, 0.5) is 4.79 Å². The first-order chi connectivity index (χ1) is 9.67. The molecule has 0 heterocycles. The van der Waals surface area contributed by atoms with E-state index < -0.39 is 17.4 Å². The zero-order valence-electron chi connectivity index (χ0n) is 13.6. The Bertz CT molecular complexity index is 384. The van der Waals surface area contributed by atoms with Gasteiger partial charge in [-0.25, -0.2) is 4.79 Å². The van der Waals surface area contributed by atoms with E-state index in [1.807, 2.05) is 6.92 Å². The number of amides is 3. The number of urea groups is 1. The minimum Gasteiger partial charge on any atom is -0.481 e. The first kappa shape index (κ1) is 19.2. The van der Waals surface area contributed by atoms with Crippen molar-refractivity contribution in [3.05, 3.63) is 0 Å². The van der Waals surface area contributed by atoms with Crippen LogP contribution in [0.3, 0.4) is 0 Å². The lowest BCUT2D eigenvalue weighted by Crippen LogP contribution is -2.49. The first-order valence-electron chi connectivity index (χ1n) is 7.14. The van der Waals surface area contributed by atoms with E-state index in [9.17, 15) is 19.5 Å². The van der Waals surface area contributed by atoms with E-state index in [2.05, 4.69) is 5.32 Å². The second kappa shape index (κ2) is 8.49. The van der Waals surface area contributed by atoms with Gasteiger partial charge in [-0.15, -0.1) is 0 Å². The van der Waals surface area contributed by atoms with Crippen molar-refractivity contribution in [2.45, 2.75) is 33.6 Å². The summed E-state index contributed by atoms with van der Waals surface area (Å²) in [5.74, 6) is -1.12. The van der Waals surface area contributed by atoms with Crippen LogP contribution < -0.4 is 5.32 Å². The molecule has 0 bridgehead atoms. The topological polar surface area (TPSA) is 90.0 Å². The molecule has 0 aromatic heterocycles. The summed E-state index contributed by atoms with van der Waals surface area (Å²) in [5, 5.41) is 11.8. The van der Waals surface area contributed by atoms with Crippen LogP contribution in [0.25, 0.3) is 0 Å². The minimum atomic E-state index is -1.00. The molecule has 122 valence electrons. The normalized spacial score (nSPS) is 13.2. The molecule has 7 nitrogen and oxygen atoms in total. The molecule has 3 amide bonds. The fraction of sp³-hybridized carbons (Fsp3) is 0.786. The number of likely N-dealkylation sites (N-methyl/N-ethyl adjacent to an activating group) is 1. The summed E-state index contributed by atoms with van der Waals surface area (Å²) >= 11 is 0. The summed E-state index contributed by atoms with van der Waals surface area (Å²) in [5.41, 5.74) is -1.00. The fourth-order valence-electron chi connectivity index (χ4n) is 1.56. The van der Waals surface area contributed by atoms with Gasteiger partial charge in [0.05, 0.1) is 5.41 Å². The molecule has 1 unspecified atom stereocenters. The molecular weight excluding hydrogens is 274 g/mol. The average molecular weight is 301 g/mol. The van der Waals surface area contributed by atoms with Crippen LogP contribution in [0, 0.1) is 5.41 Å². The molecule has 0 fully saturated rings. The maximum absolute atomic E-state index is 12.1. The smallest absolute Gasteiger partial charge is 0.317 e. The Balaban J connectivity index is 4.69. The lowest BCUT2D eigenvalue weighted by molar-refractivity contribution is -0.147. The van der Waals surface area contributed by atoms with Crippen LogP contribution in [0.2, 0.25) is 0 Å². The number of nitrogens with zero attached hydrogens (tertiary/aromatic N) is 2. The number of carbonyl (C=O) groups is 3. The molecule has 0 aliphatic rings. The van der Waals surface area contributed by atoms with E-state index in [0.717, 1.165) is 6.42 Å². The van der Waals surface area contributed by atoms with Crippen LogP contribution in [0.1, 0.15) is 33.6 Å². The molecule has 0 saturated heterocycles. The van der Waals surface area contributed by atoms with Crippen molar-refractivity contribution in [1.82, 2.24) is 15.1 Å². The molecule has 0 spiro atoms. The summed E-state index contributed by atoms with van der Waals surface area (Å²) in [6, 6.07) is -0.409. The Morgan fingerprint density at radius 1 is 1.19 bits per heavy atom. The highest BCUT2D eigenvalue weighted by Crippen LogP contribution is 2.19. The van der Waals surface area contributed by atoms with Crippen LogP contribution in [0.5, 0.6) is 0 Å². The van der Waals surface area contributed by atoms with Crippen molar-refractivity contribution in [2.75, 3.05) is 33.7 Å². The average Bonchev–Trinajstić information content (AvgIpc) is 2.43. The van der Waals surface area contributed by atoms with Gasteiger partial charge in [-0.3, -0.25) is 9.59 Å². The van der Waals surface area contributed by atoms with Crippen molar-refractivity contribution in [3.63, 3.8) is 0 Å². The second-order valence-electron chi connectivity index (χ2n) is 5.59. The molecule has 0 aliphatic heterocycles. The molecule has 0 aromatic rings. The van der Waals surface area contributed by atoms with Crippen molar-refractivity contribution < 1.29 is 19.5 Å². The van der Waals surface area contributed by atoms with Crippen molar-refractivity contribution in [2.24, 2.45) is 5.41 Å². The summed E-state index contributed by atoms with van der Waals surface area (Å²) in [7, 11) is 3.26. The van der Waals surface area contributed by atoms with E-state index in [-0.39, 0.29) is 19.0 Å². The largest absolute Gasteiger partial charge is 0.481 e. The van der Waals surface area contributed by atoms with E-state index >= 15 is 0 Å². The van der Waals surface area contributed by atoms with E-state index in [1.165, 1.54) is 9.80 Å². The number of carbonyl (C=O) groups excluding carboxylic acids is 2. The maximum atomic E-state index is 12.1. The lowest BCUT2D eigenvalue weighted by Gasteiger charge is -2.27. The molecule has 2 N–H and O–H groups in total. The van der Waals surface area contributed by atoms with Crippen molar-refractivity contribution >= 4 is 17.9 Å². The zero-order chi connectivity index (χ0) is 16.6. The van der Waals surface area contributed by atoms with Gasteiger partial charge < -0.3 is 20.2 Å². The molecule has 0 radical (unpaired) electrons. The van der Waals surface area contributed by atoms with Gasteiger partial charge in [-0.05, 0) is 19.8 Å². The highest BCUT2D eigenvalue weighted by Gasteiger charge is 2.32. The summed E-state index contributed by atoms with van der Waals surface area (Å²) < 4.78 is 0. The van der Waals surface area contributed by atoms with Gasteiger partial charge in [0.15, 0.2) is 0 Å².